The van der Waals surface area contributed by atoms with Gasteiger partial charge in [-0.05, 0) is 58.9 Å². The van der Waals surface area contributed by atoms with Crippen molar-refractivity contribution < 1.29 is 4.79 Å². The first-order valence-electron chi connectivity index (χ1n) is 8.18. The number of carbonyl (C=O) groups excluding carboxylic acids is 1. The Balaban J connectivity index is 1.53. The standard InChI is InChI=1S/C21H19NO/c23-21(22-19-12-11-15-6-3-8-17(15)13-19)14-18-9-4-7-16-5-1-2-10-20(16)18/h1-2,4-5,7,9-13H,3,6,8,14H2,(H,22,23). The van der Waals surface area contributed by atoms with Crippen LogP contribution < -0.4 is 5.32 Å². The van der Waals surface area contributed by atoms with Gasteiger partial charge in [-0.3, -0.25) is 4.79 Å². The average molecular weight is 301 g/mol. The predicted octanol–water partition coefficient (Wildman–Crippen LogP) is 4.51. The van der Waals surface area contributed by atoms with Crippen LogP contribution in [0.2, 0.25) is 0 Å². The summed E-state index contributed by atoms with van der Waals surface area (Å²) in [5.74, 6) is 0.0410. The number of nitrogens with one attached hydrogen (secondary N) is 1. The minimum absolute atomic E-state index is 0.0410. The van der Waals surface area contributed by atoms with Gasteiger partial charge in [-0.2, -0.15) is 0 Å². The zero-order valence-corrected chi connectivity index (χ0v) is 13.0. The van der Waals surface area contributed by atoms with Crippen LogP contribution >= 0.6 is 0 Å². The molecule has 1 aliphatic rings. The Morgan fingerprint density at radius 2 is 1.74 bits per heavy atom. The lowest BCUT2D eigenvalue weighted by Gasteiger charge is -2.09. The molecule has 0 unspecified atom stereocenters. The summed E-state index contributed by atoms with van der Waals surface area (Å²) in [6.45, 7) is 0. The molecule has 0 aromatic heterocycles. The molecule has 23 heavy (non-hydrogen) atoms. The Kier molecular flexibility index (Phi) is 3.58. The molecule has 0 saturated heterocycles. The van der Waals surface area contributed by atoms with Crippen molar-refractivity contribution in [2.45, 2.75) is 25.7 Å². The van der Waals surface area contributed by atoms with E-state index in [0.29, 0.717) is 6.42 Å². The third-order valence-corrected chi connectivity index (χ3v) is 4.61. The van der Waals surface area contributed by atoms with E-state index >= 15 is 0 Å². The van der Waals surface area contributed by atoms with Gasteiger partial charge in [0.25, 0.3) is 0 Å². The second kappa shape index (κ2) is 5.88. The fourth-order valence-corrected chi connectivity index (χ4v) is 3.47. The van der Waals surface area contributed by atoms with Crippen molar-refractivity contribution in [3.63, 3.8) is 0 Å². The number of amides is 1. The third-order valence-electron chi connectivity index (χ3n) is 4.61. The van der Waals surface area contributed by atoms with Crippen LogP contribution in [0.15, 0.2) is 60.7 Å². The minimum atomic E-state index is 0.0410. The average Bonchev–Trinajstić information content (AvgIpc) is 3.03. The van der Waals surface area contributed by atoms with Gasteiger partial charge in [-0.15, -0.1) is 0 Å². The number of rotatable bonds is 3. The van der Waals surface area contributed by atoms with E-state index in [4.69, 9.17) is 0 Å². The van der Waals surface area contributed by atoms with Crippen LogP contribution in [-0.4, -0.2) is 5.91 Å². The Hall–Kier alpha value is -2.61. The largest absolute Gasteiger partial charge is 0.326 e. The highest BCUT2D eigenvalue weighted by Gasteiger charge is 2.12. The van der Waals surface area contributed by atoms with Crippen LogP contribution in [0.4, 0.5) is 5.69 Å². The monoisotopic (exact) mass is 301 g/mol. The minimum Gasteiger partial charge on any atom is -0.326 e. The van der Waals surface area contributed by atoms with Gasteiger partial charge in [0.2, 0.25) is 5.91 Å². The number of benzene rings is 3. The molecule has 114 valence electrons. The summed E-state index contributed by atoms with van der Waals surface area (Å²) < 4.78 is 0. The second-order valence-electron chi connectivity index (χ2n) is 6.20. The molecule has 2 nitrogen and oxygen atoms in total. The van der Waals surface area contributed by atoms with Crippen LogP contribution in [0.5, 0.6) is 0 Å². The predicted molar refractivity (Wildman–Crippen MR) is 94.7 cm³/mol. The molecule has 3 aromatic carbocycles. The lowest BCUT2D eigenvalue weighted by molar-refractivity contribution is -0.115. The highest BCUT2D eigenvalue weighted by atomic mass is 16.1. The summed E-state index contributed by atoms with van der Waals surface area (Å²) in [6.07, 6.45) is 3.92. The Bertz CT molecular complexity index is 877. The number of hydrogen-bond acceptors (Lipinski definition) is 1. The Morgan fingerprint density at radius 3 is 2.70 bits per heavy atom. The molecule has 2 heteroatoms. The van der Waals surface area contributed by atoms with Crippen molar-refractivity contribution in [3.8, 4) is 0 Å². The van der Waals surface area contributed by atoms with E-state index in [1.807, 2.05) is 30.3 Å². The lowest BCUT2D eigenvalue weighted by Crippen LogP contribution is -2.14. The number of carbonyl (C=O) groups is 1. The van der Waals surface area contributed by atoms with E-state index in [0.717, 1.165) is 23.1 Å². The van der Waals surface area contributed by atoms with Crippen molar-refractivity contribution in [1.82, 2.24) is 0 Å². The zero-order valence-electron chi connectivity index (χ0n) is 13.0. The number of anilines is 1. The third kappa shape index (κ3) is 2.85. The highest BCUT2D eigenvalue weighted by Crippen LogP contribution is 2.25. The summed E-state index contributed by atoms with van der Waals surface area (Å²) in [5.41, 5.74) is 4.79. The maximum absolute atomic E-state index is 12.4. The first-order chi connectivity index (χ1) is 11.3. The first-order valence-corrected chi connectivity index (χ1v) is 8.18. The number of aryl methyl sites for hydroxylation is 2. The molecule has 0 spiro atoms. The molecule has 0 radical (unpaired) electrons. The van der Waals surface area contributed by atoms with Gasteiger partial charge in [0.05, 0.1) is 6.42 Å². The molecule has 0 bridgehead atoms. The highest BCUT2D eigenvalue weighted by molar-refractivity contribution is 5.96. The molecule has 1 aliphatic carbocycles. The summed E-state index contributed by atoms with van der Waals surface area (Å²) >= 11 is 0. The first kappa shape index (κ1) is 14.0. The SMILES string of the molecule is O=C(Cc1cccc2ccccc12)Nc1ccc2c(c1)CCC2. The van der Waals surface area contributed by atoms with Gasteiger partial charge >= 0.3 is 0 Å². The van der Waals surface area contributed by atoms with E-state index in [-0.39, 0.29) is 5.91 Å². The van der Waals surface area contributed by atoms with Gasteiger partial charge in [0.15, 0.2) is 0 Å². The van der Waals surface area contributed by atoms with Crippen LogP contribution in [0.3, 0.4) is 0 Å². The summed E-state index contributed by atoms with van der Waals surface area (Å²) in [4.78, 5) is 12.4. The molecular weight excluding hydrogens is 282 g/mol. The maximum atomic E-state index is 12.4. The fourth-order valence-electron chi connectivity index (χ4n) is 3.47. The topological polar surface area (TPSA) is 29.1 Å². The second-order valence-corrected chi connectivity index (χ2v) is 6.20. The van der Waals surface area contributed by atoms with Gasteiger partial charge < -0.3 is 5.32 Å². The quantitative estimate of drug-likeness (QED) is 0.757. The van der Waals surface area contributed by atoms with Crippen molar-refractivity contribution >= 4 is 22.4 Å². The molecule has 0 fully saturated rings. The molecule has 0 saturated carbocycles. The molecule has 1 amide bonds. The number of hydrogen-bond donors (Lipinski definition) is 1. The molecule has 0 atom stereocenters. The lowest BCUT2D eigenvalue weighted by atomic mass is 10.0. The van der Waals surface area contributed by atoms with Gasteiger partial charge in [0.1, 0.15) is 0 Å². The van der Waals surface area contributed by atoms with E-state index in [2.05, 4.69) is 35.6 Å². The fraction of sp³-hybridized carbons (Fsp3) is 0.190. The van der Waals surface area contributed by atoms with Crippen LogP contribution in [0.1, 0.15) is 23.1 Å². The van der Waals surface area contributed by atoms with Crippen molar-refractivity contribution in [2.24, 2.45) is 0 Å². The van der Waals surface area contributed by atoms with Crippen molar-refractivity contribution in [2.75, 3.05) is 5.32 Å². The Labute approximate surface area is 136 Å². The molecule has 0 aliphatic heterocycles. The maximum Gasteiger partial charge on any atom is 0.228 e. The zero-order chi connectivity index (χ0) is 15.6. The van der Waals surface area contributed by atoms with Crippen LogP contribution in [0, 0.1) is 0 Å². The molecule has 1 N–H and O–H groups in total. The molecule has 4 rings (SSSR count). The Morgan fingerprint density at radius 1 is 0.913 bits per heavy atom. The van der Waals surface area contributed by atoms with Gasteiger partial charge in [-0.1, -0.05) is 48.5 Å². The van der Waals surface area contributed by atoms with E-state index in [1.165, 1.54) is 29.4 Å². The smallest absolute Gasteiger partial charge is 0.228 e. The summed E-state index contributed by atoms with van der Waals surface area (Å²) in [5, 5.41) is 5.37. The van der Waals surface area contributed by atoms with E-state index in [1.54, 1.807) is 0 Å². The van der Waals surface area contributed by atoms with Crippen LogP contribution in [0.25, 0.3) is 10.8 Å². The number of fused-ring (bicyclic) bond motifs is 2. The van der Waals surface area contributed by atoms with Gasteiger partial charge in [-0.25, -0.2) is 0 Å². The molecule has 3 aromatic rings. The van der Waals surface area contributed by atoms with Crippen molar-refractivity contribution in [3.05, 3.63) is 77.4 Å². The van der Waals surface area contributed by atoms with E-state index < -0.39 is 0 Å². The van der Waals surface area contributed by atoms with Gasteiger partial charge in [0, 0.05) is 5.69 Å². The summed E-state index contributed by atoms with van der Waals surface area (Å²) in [7, 11) is 0. The van der Waals surface area contributed by atoms with Crippen molar-refractivity contribution in [1.29, 1.82) is 0 Å². The summed E-state index contributed by atoms with van der Waals surface area (Å²) in [6, 6.07) is 20.6. The van der Waals surface area contributed by atoms with E-state index in [9.17, 15) is 4.79 Å². The normalized spacial score (nSPS) is 13.0. The molecular formula is C21H19NO. The van der Waals surface area contributed by atoms with Crippen LogP contribution in [-0.2, 0) is 24.1 Å². The molecule has 0 heterocycles.